The zero-order valence-electron chi connectivity index (χ0n) is 10.7. The van der Waals surface area contributed by atoms with Gasteiger partial charge in [-0.3, -0.25) is 4.99 Å². The molecule has 0 unspecified atom stereocenters. The standard InChI is InChI=1S/C16H16N2.ClH/c17-14-6-3-4-12(10-14)8-9-15-11-13-5-1-2-7-16(13)18-15;/h1-7,10H,8-9,11,17H2;1H. The molecular weight excluding hydrogens is 256 g/mol. The third-order valence-electron chi connectivity index (χ3n) is 3.32. The molecule has 3 rings (SSSR count). The van der Waals surface area contributed by atoms with E-state index < -0.39 is 0 Å². The number of para-hydroxylation sites is 1. The van der Waals surface area contributed by atoms with Crippen molar-refractivity contribution in [2.75, 3.05) is 5.73 Å². The number of aliphatic imine (C=N–C) groups is 1. The predicted octanol–water partition coefficient (Wildman–Crippen LogP) is 3.95. The number of nitrogen functional groups attached to an aromatic ring is 1. The van der Waals surface area contributed by atoms with E-state index in [4.69, 9.17) is 5.73 Å². The van der Waals surface area contributed by atoms with E-state index >= 15 is 0 Å². The number of hydrogen-bond acceptors (Lipinski definition) is 2. The van der Waals surface area contributed by atoms with Crippen LogP contribution in [0.15, 0.2) is 53.5 Å². The van der Waals surface area contributed by atoms with Crippen LogP contribution in [0.5, 0.6) is 0 Å². The van der Waals surface area contributed by atoms with Crippen LogP contribution in [0.4, 0.5) is 11.4 Å². The Morgan fingerprint density at radius 1 is 1.00 bits per heavy atom. The SMILES string of the molecule is Cl.Nc1cccc(CCC2=Nc3ccccc3C2)c1. The van der Waals surface area contributed by atoms with Gasteiger partial charge in [0.1, 0.15) is 0 Å². The first kappa shape index (κ1) is 13.6. The van der Waals surface area contributed by atoms with Crippen molar-refractivity contribution in [1.82, 2.24) is 0 Å². The Balaban J connectivity index is 0.00000133. The van der Waals surface area contributed by atoms with E-state index in [9.17, 15) is 0 Å². The third kappa shape index (κ3) is 3.15. The minimum Gasteiger partial charge on any atom is -0.399 e. The second kappa shape index (κ2) is 5.89. The van der Waals surface area contributed by atoms with Gasteiger partial charge in [-0.25, -0.2) is 0 Å². The summed E-state index contributed by atoms with van der Waals surface area (Å²) in [7, 11) is 0. The fraction of sp³-hybridized carbons (Fsp3) is 0.188. The molecule has 3 heteroatoms. The predicted molar refractivity (Wildman–Crippen MR) is 83.7 cm³/mol. The molecule has 98 valence electrons. The van der Waals surface area contributed by atoms with Gasteiger partial charge < -0.3 is 5.73 Å². The van der Waals surface area contributed by atoms with Gasteiger partial charge in [-0.15, -0.1) is 12.4 Å². The van der Waals surface area contributed by atoms with E-state index in [0.717, 1.165) is 30.6 Å². The van der Waals surface area contributed by atoms with Gasteiger partial charge >= 0.3 is 0 Å². The monoisotopic (exact) mass is 272 g/mol. The highest BCUT2D eigenvalue weighted by Gasteiger charge is 2.13. The molecule has 2 nitrogen and oxygen atoms in total. The lowest BCUT2D eigenvalue weighted by Gasteiger charge is -2.02. The summed E-state index contributed by atoms with van der Waals surface area (Å²) in [5.41, 5.74) is 11.7. The van der Waals surface area contributed by atoms with Crippen molar-refractivity contribution < 1.29 is 0 Å². The van der Waals surface area contributed by atoms with Gasteiger partial charge in [0.2, 0.25) is 0 Å². The molecular formula is C16H17ClN2. The van der Waals surface area contributed by atoms with Crippen molar-refractivity contribution in [3.8, 4) is 0 Å². The molecule has 0 saturated heterocycles. The fourth-order valence-corrected chi connectivity index (χ4v) is 2.38. The third-order valence-corrected chi connectivity index (χ3v) is 3.32. The molecule has 0 spiro atoms. The molecule has 0 atom stereocenters. The van der Waals surface area contributed by atoms with Gasteiger partial charge in [0.05, 0.1) is 5.69 Å². The second-order valence-corrected chi connectivity index (χ2v) is 4.73. The van der Waals surface area contributed by atoms with Crippen LogP contribution in [0.1, 0.15) is 17.5 Å². The highest BCUT2D eigenvalue weighted by atomic mass is 35.5. The Hall–Kier alpha value is -1.80. The Bertz CT molecular complexity index is 605. The molecule has 0 saturated carbocycles. The minimum atomic E-state index is 0. The Labute approximate surface area is 119 Å². The van der Waals surface area contributed by atoms with E-state index in [1.165, 1.54) is 16.8 Å². The molecule has 2 aromatic carbocycles. The second-order valence-electron chi connectivity index (χ2n) is 4.73. The summed E-state index contributed by atoms with van der Waals surface area (Å²) in [5, 5.41) is 0. The number of hydrogen-bond donors (Lipinski definition) is 1. The maximum atomic E-state index is 5.78. The summed E-state index contributed by atoms with van der Waals surface area (Å²) in [6, 6.07) is 16.5. The van der Waals surface area contributed by atoms with Crippen LogP contribution < -0.4 is 5.73 Å². The Morgan fingerprint density at radius 3 is 2.63 bits per heavy atom. The molecule has 1 heterocycles. The highest BCUT2D eigenvalue weighted by Crippen LogP contribution is 2.27. The number of nitrogens with two attached hydrogens (primary N) is 1. The van der Waals surface area contributed by atoms with E-state index in [0.29, 0.717) is 0 Å². The van der Waals surface area contributed by atoms with Crippen LogP contribution in [0.2, 0.25) is 0 Å². The van der Waals surface area contributed by atoms with Crippen LogP contribution >= 0.6 is 12.4 Å². The van der Waals surface area contributed by atoms with Crippen LogP contribution in [-0.2, 0) is 12.8 Å². The van der Waals surface area contributed by atoms with E-state index in [-0.39, 0.29) is 12.4 Å². The first-order valence-corrected chi connectivity index (χ1v) is 6.30. The number of anilines is 1. The summed E-state index contributed by atoms with van der Waals surface area (Å²) in [5.74, 6) is 0. The van der Waals surface area contributed by atoms with Gasteiger partial charge in [0.25, 0.3) is 0 Å². The first-order chi connectivity index (χ1) is 8.81. The summed E-state index contributed by atoms with van der Waals surface area (Å²) in [4.78, 5) is 4.67. The summed E-state index contributed by atoms with van der Waals surface area (Å²) < 4.78 is 0. The molecule has 2 aromatic rings. The lowest BCUT2D eigenvalue weighted by Crippen LogP contribution is -2.00. The van der Waals surface area contributed by atoms with Crippen molar-refractivity contribution in [1.29, 1.82) is 0 Å². The Kier molecular flexibility index (Phi) is 4.23. The fourth-order valence-electron chi connectivity index (χ4n) is 2.38. The summed E-state index contributed by atoms with van der Waals surface area (Å²) in [6.07, 6.45) is 3.02. The topological polar surface area (TPSA) is 38.4 Å². The molecule has 1 aliphatic heterocycles. The number of benzene rings is 2. The van der Waals surface area contributed by atoms with Crippen LogP contribution in [0, 0.1) is 0 Å². The van der Waals surface area contributed by atoms with E-state index in [2.05, 4.69) is 29.3 Å². The zero-order chi connectivity index (χ0) is 12.4. The number of nitrogens with zero attached hydrogens (tertiary/aromatic N) is 1. The number of fused-ring (bicyclic) bond motifs is 1. The lowest BCUT2D eigenvalue weighted by atomic mass is 10.0. The molecule has 0 bridgehead atoms. The van der Waals surface area contributed by atoms with Gasteiger partial charge in [-0.05, 0) is 42.2 Å². The zero-order valence-corrected chi connectivity index (χ0v) is 11.5. The number of halogens is 1. The van der Waals surface area contributed by atoms with Crippen molar-refractivity contribution in [3.05, 3.63) is 59.7 Å². The largest absolute Gasteiger partial charge is 0.399 e. The summed E-state index contributed by atoms with van der Waals surface area (Å²) >= 11 is 0. The first-order valence-electron chi connectivity index (χ1n) is 6.30. The molecule has 0 aliphatic carbocycles. The van der Waals surface area contributed by atoms with E-state index in [1.807, 2.05) is 24.3 Å². The highest BCUT2D eigenvalue weighted by molar-refractivity contribution is 5.94. The van der Waals surface area contributed by atoms with Gasteiger partial charge in [-0.2, -0.15) is 0 Å². The van der Waals surface area contributed by atoms with Gasteiger partial charge in [-0.1, -0.05) is 30.3 Å². The van der Waals surface area contributed by atoms with Crippen LogP contribution in [-0.4, -0.2) is 5.71 Å². The molecule has 0 amide bonds. The van der Waals surface area contributed by atoms with Gasteiger partial charge in [0, 0.05) is 17.8 Å². The molecule has 0 radical (unpaired) electrons. The minimum absolute atomic E-state index is 0. The van der Waals surface area contributed by atoms with Crippen LogP contribution in [0.3, 0.4) is 0 Å². The van der Waals surface area contributed by atoms with Crippen molar-refractivity contribution in [2.24, 2.45) is 4.99 Å². The van der Waals surface area contributed by atoms with Crippen molar-refractivity contribution >= 4 is 29.5 Å². The van der Waals surface area contributed by atoms with Gasteiger partial charge in [0.15, 0.2) is 0 Å². The maximum Gasteiger partial charge on any atom is 0.0664 e. The maximum absolute atomic E-state index is 5.78. The van der Waals surface area contributed by atoms with Crippen LogP contribution in [0.25, 0.3) is 0 Å². The normalized spacial score (nSPS) is 12.5. The van der Waals surface area contributed by atoms with Crippen molar-refractivity contribution in [3.63, 3.8) is 0 Å². The summed E-state index contributed by atoms with van der Waals surface area (Å²) in [6.45, 7) is 0. The lowest BCUT2D eigenvalue weighted by molar-refractivity contribution is 1.02. The Morgan fingerprint density at radius 2 is 1.84 bits per heavy atom. The molecule has 0 fully saturated rings. The number of rotatable bonds is 3. The van der Waals surface area contributed by atoms with E-state index in [1.54, 1.807) is 0 Å². The molecule has 2 N–H and O–H groups in total. The quantitative estimate of drug-likeness (QED) is 0.844. The molecule has 19 heavy (non-hydrogen) atoms. The molecule has 1 aliphatic rings. The average Bonchev–Trinajstić information content (AvgIpc) is 2.79. The number of aryl methyl sites for hydroxylation is 1. The molecule has 0 aromatic heterocycles. The average molecular weight is 273 g/mol. The van der Waals surface area contributed by atoms with Crippen molar-refractivity contribution in [2.45, 2.75) is 19.3 Å². The smallest absolute Gasteiger partial charge is 0.0664 e.